The Morgan fingerprint density at radius 1 is 0.404 bits per heavy atom. The Hall–Kier alpha value is -6.21. The molecular weight excluding hydrogens is 708 g/mol. The van der Waals surface area contributed by atoms with Gasteiger partial charge in [0.05, 0.1) is 0 Å². The van der Waals surface area contributed by atoms with Crippen LogP contribution < -0.4 is 0 Å². The largest absolute Gasteiger partial charge is 0.0837 e. The molecule has 57 heavy (non-hydrogen) atoms. The minimum atomic E-state index is 0.494. The van der Waals surface area contributed by atoms with E-state index in [-0.39, 0.29) is 0 Å². The molecule has 4 aliphatic rings. The lowest BCUT2D eigenvalue weighted by Crippen LogP contribution is -2.26. The van der Waals surface area contributed by atoms with Crippen molar-refractivity contribution in [2.75, 3.05) is 0 Å². The van der Waals surface area contributed by atoms with Crippen LogP contribution in [0.1, 0.15) is 41.9 Å². The van der Waals surface area contributed by atoms with E-state index in [1.807, 2.05) is 12.1 Å². The molecule has 0 aliphatic heterocycles. The summed E-state index contributed by atoms with van der Waals surface area (Å²) in [4.78, 5) is 0. The highest BCUT2D eigenvalue weighted by atomic mass is 35.5. The van der Waals surface area contributed by atoms with E-state index in [0.717, 1.165) is 10.6 Å². The van der Waals surface area contributed by atoms with E-state index in [0.29, 0.717) is 17.8 Å². The zero-order chi connectivity index (χ0) is 37.4. The first-order chi connectivity index (χ1) is 28.2. The molecule has 3 atom stereocenters. The number of fused-ring (bicyclic) bond motifs is 9. The number of halogens is 1. The lowest BCUT2D eigenvalue weighted by Gasteiger charge is -2.39. The minimum Gasteiger partial charge on any atom is -0.0837 e. The fourth-order valence-electron chi connectivity index (χ4n) is 11.8. The summed E-state index contributed by atoms with van der Waals surface area (Å²) in [6.45, 7) is 0. The summed E-state index contributed by atoms with van der Waals surface area (Å²) in [5.74, 6) is 1.60. The summed E-state index contributed by atoms with van der Waals surface area (Å²) in [7, 11) is 0. The second kappa shape index (κ2) is 11.9. The van der Waals surface area contributed by atoms with Crippen LogP contribution in [-0.4, -0.2) is 0 Å². The predicted octanol–water partition coefficient (Wildman–Crippen LogP) is 15.9. The molecule has 9 aromatic rings. The first kappa shape index (κ1) is 31.9. The lowest BCUT2D eigenvalue weighted by molar-refractivity contribution is 0.320. The van der Waals surface area contributed by atoms with Crippen LogP contribution in [0, 0.1) is 11.8 Å². The summed E-state index contributed by atoms with van der Waals surface area (Å²) in [6, 6.07) is 59.0. The highest BCUT2D eigenvalue weighted by molar-refractivity contribution is 6.36. The SMILES string of the molecule is Clc1ccccc1-c1c2c(c(-c3ccccc3)c3cc4ccccc4cc13)-c1cccc3c(C4=CC=C5c6cc7ccccc7cc6C6CCCC4C56)ccc-2c13. The molecule has 1 saturated carbocycles. The van der Waals surface area contributed by atoms with Gasteiger partial charge in [0.25, 0.3) is 0 Å². The van der Waals surface area contributed by atoms with Crippen LogP contribution in [0.4, 0.5) is 0 Å². The Morgan fingerprint density at radius 3 is 1.79 bits per heavy atom. The van der Waals surface area contributed by atoms with Crippen LogP contribution in [0.2, 0.25) is 5.02 Å². The summed E-state index contributed by atoms with van der Waals surface area (Å²) in [5, 5.41) is 11.2. The molecule has 0 nitrogen and oxygen atoms in total. The average molecular weight is 745 g/mol. The molecule has 1 fully saturated rings. The van der Waals surface area contributed by atoms with Gasteiger partial charge in [-0.2, -0.15) is 0 Å². The third-order valence-corrected chi connectivity index (χ3v) is 14.3. The van der Waals surface area contributed by atoms with Gasteiger partial charge < -0.3 is 0 Å². The van der Waals surface area contributed by atoms with Crippen molar-refractivity contribution < 1.29 is 0 Å². The molecule has 1 heteroatoms. The molecule has 3 unspecified atom stereocenters. The van der Waals surface area contributed by atoms with E-state index in [4.69, 9.17) is 11.6 Å². The average Bonchev–Trinajstić information content (AvgIpc) is 3.76. The highest BCUT2D eigenvalue weighted by Gasteiger charge is 2.46. The molecule has 0 amide bonds. The maximum Gasteiger partial charge on any atom is 0.0484 e. The van der Waals surface area contributed by atoms with Crippen molar-refractivity contribution in [3.63, 3.8) is 0 Å². The van der Waals surface area contributed by atoms with Crippen molar-refractivity contribution in [3.05, 3.63) is 192 Å². The number of allylic oxidation sites excluding steroid dienone is 4. The second-order valence-electron chi connectivity index (χ2n) is 16.7. The number of rotatable bonds is 3. The minimum absolute atomic E-state index is 0.494. The van der Waals surface area contributed by atoms with Crippen LogP contribution in [0.3, 0.4) is 0 Å². The van der Waals surface area contributed by atoms with Crippen molar-refractivity contribution in [1.29, 1.82) is 0 Å². The molecule has 0 heterocycles. The third kappa shape index (κ3) is 4.40. The fourth-order valence-corrected chi connectivity index (χ4v) is 12.0. The lowest BCUT2D eigenvalue weighted by atomic mass is 9.65. The van der Waals surface area contributed by atoms with Crippen molar-refractivity contribution in [2.45, 2.75) is 25.2 Å². The molecule has 0 N–H and O–H groups in total. The van der Waals surface area contributed by atoms with Crippen molar-refractivity contribution in [2.24, 2.45) is 11.8 Å². The second-order valence-corrected chi connectivity index (χ2v) is 17.1. The number of benzene rings is 9. The molecule has 13 rings (SSSR count). The van der Waals surface area contributed by atoms with Crippen LogP contribution in [0.25, 0.3) is 98.7 Å². The number of hydrogen-bond acceptors (Lipinski definition) is 0. The van der Waals surface area contributed by atoms with E-state index < -0.39 is 0 Å². The molecule has 0 spiro atoms. The Labute approximate surface area is 337 Å². The van der Waals surface area contributed by atoms with Gasteiger partial charge in [0.1, 0.15) is 0 Å². The van der Waals surface area contributed by atoms with Crippen molar-refractivity contribution >= 4 is 65.8 Å². The standard InChI is InChI=1S/C56H37Cl/c57-50-23-9-8-18-43(50)54-49-31-36-17-7-6-16-35(36)30-48(49)51(32-12-2-1-3-13-32)55-44-22-11-20-40-38(25-27-45(53(40)44)56(54)55)37-24-26-42-47-29-34-15-5-4-14-33(34)28-46(47)41-21-10-19-39(37)52(41)42/h1-9,11-18,20,22-31,39,41,52H,10,19,21H2. The molecule has 9 aromatic carbocycles. The first-order valence-corrected chi connectivity index (χ1v) is 20.9. The molecule has 0 bridgehead atoms. The van der Waals surface area contributed by atoms with Gasteiger partial charge in [-0.05, 0) is 165 Å². The van der Waals surface area contributed by atoms with Crippen LogP contribution in [0.5, 0.6) is 0 Å². The summed E-state index contributed by atoms with van der Waals surface area (Å²) >= 11 is 7.22. The molecule has 0 saturated heterocycles. The van der Waals surface area contributed by atoms with Gasteiger partial charge in [-0.25, -0.2) is 0 Å². The summed E-state index contributed by atoms with van der Waals surface area (Å²) < 4.78 is 0. The van der Waals surface area contributed by atoms with Crippen LogP contribution >= 0.6 is 11.6 Å². The Balaban J connectivity index is 1.09. The van der Waals surface area contributed by atoms with E-state index in [9.17, 15) is 0 Å². The highest BCUT2D eigenvalue weighted by Crippen LogP contribution is 2.63. The van der Waals surface area contributed by atoms with E-state index >= 15 is 0 Å². The normalized spacial score (nSPS) is 18.8. The van der Waals surface area contributed by atoms with E-state index in [1.165, 1.54) is 118 Å². The third-order valence-electron chi connectivity index (χ3n) is 14.0. The van der Waals surface area contributed by atoms with Gasteiger partial charge in [-0.1, -0.05) is 164 Å². The monoisotopic (exact) mass is 744 g/mol. The molecule has 268 valence electrons. The van der Waals surface area contributed by atoms with Crippen molar-refractivity contribution in [3.8, 4) is 44.5 Å². The first-order valence-electron chi connectivity index (χ1n) is 20.6. The van der Waals surface area contributed by atoms with Crippen LogP contribution in [-0.2, 0) is 0 Å². The van der Waals surface area contributed by atoms with Gasteiger partial charge >= 0.3 is 0 Å². The van der Waals surface area contributed by atoms with Crippen LogP contribution in [0.15, 0.2) is 170 Å². The predicted molar refractivity (Wildman–Crippen MR) is 243 cm³/mol. The summed E-state index contributed by atoms with van der Waals surface area (Å²) in [6.07, 6.45) is 8.76. The summed E-state index contributed by atoms with van der Waals surface area (Å²) in [5.41, 5.74) is 17.6. The van der Waals surface area contributed by atoms with Gasteiger partial charge in [0.2, 0.25) is 0 Å². The maximum atomic E-state index is 7.22. The topological polar surface area (TPSA) is 0 Å². The zero-order valence-electron chi connectivity index (χ0n) is 31.4. The van der Waals surface area contributed by atoms with Gasteiger partial charge in [0, 0.05) is 10.6 Å². The molecular formula is C56H37Cl. The van der Waals surface area contributed by atoms with Gasteiger partial charge in [0.15, 0.2) is 0 Å². The molecule has 0 aromatic heterocycles. The van der Waals surface area contributed by atoms with Gasteiger partial charge in [-0.15, -0.1) is 0 Å². The van der Waals surface area contributed by atoms with Crippen molar-refractivity contribution in [1.82, 2.24) is 0 Å². The quantitative estimate of drug-likeness (QED) is 0.158. The Kier molecular flexibility index (Phi) is 6.67. The maximum absolute atomic E-state index is 7.22. The smallest absolute Gasteiger partial charge is 0.0484 e. The Morgan fingerprint density at radius 2 is 1.00 bits per heavy atom. The van der Waals surface area contributed by atoms with Gasteiger partial charge in [-0.3, -0.25) is 0 Å². The Bertz CT molecular complexity index is 3290. The molecule has 4 aliphatic carbocycles. The molecule has 0 radical (unpaired) electrons. The zero-order valence-corrected chi connectivity index (χ0v) is 32.2. The van der Waals surface area contributed by atoms with E-state index in [2.05, 4.69) is 158 Å². The van der Waals surface area contributed by atoms with E-state index in [1.54, 1.807) is 11.1 Å². The fraction of sp³-hybridized carbons (Fsp3) is 0.107. The number of hydrogen-bond donors (Lipinski definition) is 0.